The molecule has 30 heavy (non-hydrogen) atoms. The van der Waals surface area contributed by atoms with Gasteiger partial charge in [0.05, 0.1) is 18.5 Å². The molecule has 8 heteroatoms. The minimum atomic E-state index is -0.201. The van der Waals surface area contributed by atoms with Gasteiger partial charge in [0.2, 0.25) is 11.8 Å². The number of hydrogen-bond acceptors (Lipinski definition) is 4. The van der Waals surface area contributed by atoms with Crippen LogP contribution in [0.1, 0.15) is 29.6 Å². The van der Waals surface area contributed by atoms with Crippen molar-refractivity contribution in [2.24, 2.45) is 0 Å². The lowest BCUT2D eigenvalue weighted by Crippen LogP contribution is -2.49. The zero-order valence-corrected chi connectivity index (χ0v) is 17.6. The molecule has 0 bridgehead atoms. The van der Waals surface area contributed by atoms with E-state index < -0.39 is 0 Å². The van der Waals surface area contributed by atoms with Crippen LogP contribution < -0.4 is 10.6 Å². The molecule has 2 saturated heterocycles. The SMILES string of the molecule is O=C1CN(C(=O)c2cccc(NC(=O)CC3(n4cccc4)CCSCC3)c2)CCN1. The maximum atomic E-state index is 12.9. The van der Waals surface area contributed by atoms with E-state index >= 15 is 0 Å². The van der Waals surface area contributed by atoms with Gasteiger partial charge in [-0.2, -0.15) is 11.8 Å². The van der Waals surface area contributed by atoms with Gasteiger partial charge in [-0.3, -0.25) is 14.4 Å². The minimum absolute atomic E-state index is 0.0578. The van der Waals surface area contributed by atoms with E-state index in [1.54, 1.807) is 24.3 Å². The fourth-order valence-electron chi connectivity index (χ4n) is 4.16. The van der Waals surface area contributed by atoms with Crippen LogP contribution in [0.15, 0.2) is 48.8 Å². The summed E-state index contributed by atoms with van der Waals surface area (Å²) in [6, 6.07) is 10.9. The molecule has 158 valence electrons. The number of hydrogen-bond donors (Lipinski definition) is 2. The Balaban J connectivity index is 1.45. The Hall–Kier alpha value is -2.74. The fourth-order valence-corrected chi connectivity index (χ4v) is 5.41. The van der Waals surface area contributed by atoms with Gasteiger partial charge in [0.15, 0.2) is 0 Å². The van der Waals surface area contributed by atoms with Crippen molar-refractivity contribution in [2.45, 2.75) is 24.8 Å². The number of carbonyl (C=O) groups excluding carboxylic acids is 3. The third kappa shape index (κ3) is 4.53. The molecule has 2 N–H and O–H groups in total. The second kappa shape index (κ2) is 8.95. The lowest BCUT2D eigenvalue weighted by Gasteiger charge is -2.38. The molecule has 0 unspecified atom stereocenters. The molecule has 3 amide bonds. The van der Waals surface area contributed by atoms with E-state index in [4.69, 9.17) is 0 Å². The molecule has 4 rings (SSSR count). The van der Waals surface area contributed by atoms with Gasteiger partial charge in [0.1, 0.15) is 0 Å². The smallest absolute Gasteiger partial charge is 0.254 e. The molecule has 1 aromatic carbocycles. The average Bonchev–Trinajstić information content (AvgIpc) is 3.30. The molecular formula is C22H26N4O3S. The number of thioether (sulfide) groups is 1. The molecule has 2 aliphatic heterocycles. The van der Waals surface area contributed by atoms with E-state index in [1.165, 1.54) is 4.90 Å². The number of aromatic nitrogens is 1. The van der Waals surface area contributed by atoms with Crippen molar-refractivity contribution < 1.29 is 14.4 Å². The first-order valence-electron chi connectivity index (χ1n) is 10.2. The van der Waals surface area contributed by atoms with E-state index in [0.717, 1.165) is 24.3 Å². The number of rotatable bonds is 5. The lowest BCUT2D eigenvalue weighted by atomic mass is 9.87. The van der Waals surface area contributed by atoms with Crippen molar-refractivity contribution in [1.29, 1.82) is 0 Å². The Morgan fingerprint density at radius 2 is 1.90 bits per heavy atom. The molecule has 0 atom stereocenters. The van der Waals surface area contributed by atoms with Crippen LogP contribution in [-0.4, -0.2) is 58.3 Å². The highest BCUT2D eigenvalue weighted by molar-refractivity contribution is 7.99. The Bertz CT molecular complexity index is 922. The van der Waals surface area contributed by atoms with Gasteiger partial charge in [0.25, 0.3) is 5.91 Å². The number of piperazine rings is 1. The van der Waals surface area contributed by atoms with Gasteiger partial charge >= 0.3 is 0 Å². The molecule has 0 spiro atoms. The largest absolute Gasteiger partial charge is 0.353 e. The normalized spacial score (nSPS) is 18.5. The number of carbonyl (C=O) groups is 3. The predicted molar refractivity (Wildman–Crippen MR) is 118 cm³/mol. The second-order valence-electron chi connectivity index (χ2n) is 7.81. The number of anilines is 1. The standard InChI is InChI=1S/C22H26N4O3S/c27-19(15-22(6-12-30-13-7-22)26-9-1-2-10-26)24-18-5-3-4-17(14-18)21(29)25-11-8-23-20(28)16-25/h1-5,9-10,14H,6-8,11-13,15-16H2,(H,23,28)(H,24,27). The first-order valence-corrected chi connectivity index (χ1v) is 11.4. The van der Waals surface area contributed by atoms with Crippen LogP contribution in [0.5, 0.6) is 0 Å². The van der Waals surface area contributed by atoms with E-state index in [-0.39, 0.29) is 29.8 Å². The summed E-state index contributed by atoms with van der Waals surface area (Å²) in [6.07, 6.45) is 6.38. The molecule has 3 heterocycles. The summed E-state index contributed by atoms with van der Waals surface area (Å²) in [5.74, 6) is 1.67. The third-order valence-electron chi connectivity index (χ3n) is 5.78. The quantitative estimate of drug-likeness (QED) is 0.769. The van der Waals surface area contributed by atoms with Gasteiger partial charge in [-0.25, -0.2) is 0 Å². The van der Waals surface area contributed by atoms with E-state index in [0.29, 0.717) is 30.8 Å². The minimum Gasteiger partial charge on any atom is -0.353 e. The maximum absolute atomic E-state index is 12.9. The molecule has 2 fully saturated rings. The highest BCUT2D eigenvalue weighted by atomic mass is 32.2. The molecule has 0 aliphatic carbocycles. The Morgan fingerprint density at radius 3 is 2.63 bits per heavy atom. The van der Waals surface area contributed by atoms with Crippen molar-refractivity contribution >= 4 is 35.2 Å². The molecule has 1 aromatic heterocycles. The van der Waals surface area contributed by atoms with Crippen molar-refractivity contribution in [2.75, 3.05) is 36.5 Å². The van der Waals surface area contributed by atoms with Crippen molar-refractivity contribution in [1.82, 2.24) is 14.8 Å². The summed E-state index contributed by atoms with van der Waals surface area (Å²) in [5.41, 5.74) is 0.866. The Labute approximate surface area is 180 Å². The highest BCUT2D eigenvalue weighted by Gasteiger charge is 2.35. The topological polar surface area (TPSA) is 83.4 Å². The molecule has 2 aliphatic rings. The van der Waals surface area contributed by atoms with Crippen molar-refractivity contribution in [3.05, 3.63) is 54.4 Å². The van der Waals surface area contributed by atoms with Gasteiger partial charge in [-0.05, 0) is 54.7 Å². The number of amides is 3. The van der Waals surface area contributed by atoms with Gasteiger partial charge in [-0.15, -0.1) is 0 Å². The Kier molecular flexibility index (Phi) is 6.13. The third-order valence-corrected chi connectivity index (χ3v) is 6.77. The lowest BCUT2D eigenvalue weighted by molar-refractivity contribution is -0.123. The monoisotopic (exact) mass is 426 g/mol. The number of nitrogens with one attached hydrogen (secondary N) is 2. The highest BCUT2D eigenvalue weighted by Crippen LogP contribution is 2.37. The van der Waals surface area contributed by atoms with E-state index in [9.17, 15) is 14.4 Å². The maximum Gasteiger partial charge on any atom is 0.254 e. The summed E-state index contributed by atoms with van der Waals surface area (Å²) in [4.78, 5) is 38.8. The van der Waals surface area contributed by atoms with Crippen molar-refractivity contribution in [3.63, 3.8) is 0 Å². The average molecular weight is 427 g/mol. The summed E-state index contributed by atoms with van der Waals surface area (Å²) < 4.78 is 2.17. The zero-order valence-electron chi connectivity index (χ0n) is 16.8. The van der Waals surface area contributed by atoms with Crippen LogP contribution in [-0.2, 0) is 15.1 Å². The number of benzene rings is 1. The molecular weight excluding hydrogens is 400 g/mol. The van der Waals surface area contributed by atoms with Crippen LogP contribution in [0.3, 0.4) is 0 Å². The van der Waals surface area contributed by atoms with Crippen LogP contribution in [0.25, 0.3) is 0 Å². The summed E-state index contributed by atoms with van der Waals surface area (Å²) in [5, 5.41) is 5.69. The van der Waals surface area contributed by atoms with Gasteiger partial charge in [0, 0.05) is 36.7 Å². The summed E-state index contributed by atoms with van der Waals surface area (Å²) >= 11 is 1.93. The van der Waals surface area contributed by atoms with E-state index in [1.807, 2.05) is 36.3 Å². The van der Waals surface area contributed by atoms with Gasteiger partial charge < -0.3 is 20.1 Å². The van der Waals surface area contributed by atoms with Crippen LogP contribution in [0, 0.1) is 0 Å². The molecule has 0 saturated carbocycles. The second-order valence-corrected chi connectivity index (χ2v) is 9.03. The van der Waals surface area contributed by atoms with Gasteiger partial charge in [-0.1, -0.05) is 6.07 Å². The Morgan fingerprint density at radius 1 is 1.13 bits per heavy atom. The first kappa shape index (κ1) is 20.5. The summed E-state index contributed by atoms with van der Waals surface area (Å²) in [7, 11) is 0. The van der Waals surface area contributed by atoms with Crippen LogP contribution in [0.4, 0.5) is 5.69 Å². The molecule has 2 aromatic rings. The van der Waals surface area contributed by atoms with Crippen molar-refractivity contribution in [3.8, 4) is 0 Å². The van der Waals surface area contributed by atoms with E-state index in [2.05, 4.69) is 15.2 Å². The van der Waals surface area contributed by atoms with Crippen LogP contribution >= 0.6 is 11.8 Å². The number of nitrogens with zero attached hydrogens (tertiary/aromatic N) is 2. The zero-order chi connectivity index (χ0) is 21.0. The molecule has 0 radical (unpaired) electrons. The molecule has 7 nitrogen and oxygen atoms in total. The predicted octanol–water partition coefficient (Wildman–Crippen LogP) is 2.31. The first-order chi connectivity index (χ1) is 14.6. The van der Waals surface area contributed by atoms with Crippen LogP contribution in [0.2, 0.25) is 0 Å². The summed E-state index contributed by atoms with van der Waals surface area (Å²) in [6.45, 7) is 1.01. The fraction of sp³-hybridized carbons (Fsp3) is 0.409.